The highest BCUT2D eigenvalue weighted by molar-refractivity contribution is 9.10. The molecule has 7 heteroatoms. The van der Waals surface area contributed by atoms with E-state index in [-0.39, 0.29) is 6.04 Å². The van der Waals surface area contributed by atoms with Crippen LogP contribution in [0.15, 0.2) is 17.0 Å². The van der Waals surface area contributed by atoms with E-state index in [1.807, 2.05) is 17.8 Å². The molecule has 0 saturated heterocycles. The van der Waals surface area contributed by atoms with E-state index in [9.17, 15) is 0 Å². The maximum absolute atomic E-state index is 6.09. The largest absolute Gasteiger partial charge is 0.336 e. The van der Waals surface area contributed by atoms with Gasteiger partial charge in [-0.1, -0.05) is 5.21 Å². The SMILES string of the molecule is Cn1ccnc1C(N)c1c(Br)nnn1C. The second kappa shape index (κ2) is 3.74. The van der Waals surface area contributed by atoms with Crippen LogP contribution in [0.4, 0.5) is 0 Å². The molecular weight excluding hydrogens is 260 g/mol. The maximum Gasteiger partial charge on any atom is 0.153 e. The second-order valence-corrected chi connectivity index (χ2v) is 4.01. The van der Waals surface area contributed by atoms with Crippen molar-refractivity contribution < 1.29 is 0 Å². The van der Waals surface area contributed by atoms with Gasteiger partial charge in [0.05, 0.1) is 5.69 Å². The van der Waals surface area contributed by atoms with Crippen molar-refractivity contribution in [2.24, 2.45) is 19.8 Å². The molecule has 0 fully saturated rings. The Morgan fingerprint density at radius 2 is 2.20 bits per heavy atom. The summed E-state index contributed by atoms with van der Waals surface area (Å²) >= 11 is 3.32. The van der Waals surface area contributed by atoms with E-state index >= 15 is 0 Å². The summed E-state index contributed by atoms with van der Waals surface area (Å²) in [6, 6.07) is -0.334. The van der Waals surface area contributed by atoms with E-state index < -0.39 is 0 Å². The van der Waals surface area contributed by atoms with Crippen LogP contribution in [-0.2, 0) is 14.1 Å². The molecule has 2 rings (SSSR count). The van der Waals surface area contributed by atoms with Crippen LogP contribution >= 0.6 is 15.9 Å². The molecule has 0 amide bonds. The van der Waals surface area contributed by atoms with Gasteiger partial charge < -0.3 is 10.3 Å². The fraction of sp³-hybridized carbons (Fsp3) is 0.375. The summed E-state index contributed by atoms with van der Waals surface area (Å²) in [5, 5.41) is 7.77. The maximum atomic E-state index is 6.09. The molecule has 1 unspecified atom stereocenters. The van der Waals surface area contributed by atoms with Crippen molar-refractivity contribution >= 4 is 15.9 Å². The third kappa shape index (κ3) is 1.68. The number of hydrogen-bond donors (Lipinski definition) is 1. The number of rotatable bonds is 2. The molecule has 0 aromatic carbocycles. The number of hydrogen-bond acceptors (Lipinski definition) is 4. The first kappa shape index (κ1) is 10.3. The van der Waals surface area contributed by atoms with Gasteiger partial charge in [-0.3, -0.25) is 0 Å². The lowest BCUT2D eigenvalue weighted by Crippen LogP contribution is -2.20. The van der Waals surface area contributed by atoms with Crippen molar-refractivity contribution in [2.45, 2.75) is 6.04 Å². The predicted molar refractivity (Wildman–Crippen MR) is 57.9 cm³/mol. The van der Waals surface area contributed by atoms with Crippen LogP contribution in [0.1, 0.15) is 17.6 Å². The fourth-order valence-corrected chi connectivity index (χ4v) is 2.04. The molecule has 0 spiro atoms. The number of nitrogens with zero attached hydrogens (tertiary/aromatic N) is 5. The Bertz CT molecular complexity index is 454. The van der Waals surface area contributed by atoms with Gasteiger partial charge in [-0.05, 0) is 15.9 Å². The van der Waals surface area contributed by atoms with Gasteiger partial charge in [0, 0.05) is 26.5 Å². The van der Waals surface area contributed by atoms with Crippen LogP contribution < -0.4 is 5.73 Å². The number of aromatic nitrogens is 5. The van der Waals surface area contributed by atoms with E-state index in [4.69, 9.17) is 5.73 Å². The van der Waals surface area contributed by atoms with Crippen molar-refractivity contribution in [3.05, 3.63) is 28.5 Å². The minimum Gasteiger partial charge on any atom is -0.336 e. The minimum absolute atomic E-state index is 0.334. The standard InChI is InChI=1S/C8H11BrN6/c1-14-4-3-11-8(14)5(10)6-7(9)12-13-15(6)2/h3-5H,10H2,1-2H3. The molecule has 0 saturated carbocycles. The summed E-state index contributed by atoms with van der Waals surface area (Å²) in [7, 11) is 3.70. The Balaban J connectivity index is 2.45. The molecule has 0 aliphatic heterocycles. The van der Waals surface area contributed by atoms with Crippen LogP contribution in [0.25, 0.3) is 0 Å². The van der Waals surface area contributed by atoms with Gasteiger partial charge in [0.25, 0.3) is 0 Å². The van der Waals surface area contributed by atoms with Crippen LogP contribution in [0.5, 0.6) is 0 Å². The van der Waals surface area contributed by atoms with Crippen LogP contribution in [0, 0.1) is 0 Å². The number of imidazole rings is 1. The van der Waals surface area contributed by atoms with Gasteiger partial charge in [-0.25, -0.2) is 9.67 Å². The number of aryl methyl sites for hydroxylation is 2. The first-order valence-corrected chi connectivity index (χ1v) is 5.18. The first-order valence-electron chi connectivity index (χ1n) is 4.39. The molecule has 0 aliphatic carbocycles. The fourth-order valence-electron chi connectivity index (χ4n) is 1.47. The number of nitrogens with two attached hydrogens (primary N) is 1. The summed E-state index contributed by atoms with van der Waals surface area (Å²) in [6.07, 6.45) is 3.57. The molecular formula is C8H11BrN6. The zero-order chi connectivity index (χ0) is 11.0. The molecule has 1 atom stereocenters. The van der Waals surface area contributed by atoms with Crippen LogP contribution in [0.3, 0.4) is 0 Å². The highest BCUT2D eigenvalue weighted by atomic mass is 79.9. The lowest BCUT2D eigenvalue weighted by molar-refractivity contribution is 0.620. The molecule has 2 N–H and O–H groups in total. The Labute approximate surface area is 95.2 Å². The quantitative estimate of drug-likeness (QED) is 0.855. The zero-order valence-electron chi connectivity index (χ0n) is 8.42. The average Bonchev–Trinajstić information content (AvgIpc) is 2.73. The van der Waals surface area contributed by atoms with Crippen LogP contribution in [-0.4, -0.2) is 24.5 Å². The lowest BCUT2D eigenvalue weighted by atomic mass is 10.2. The second-order valence-electron chi connectivity index (χ2n) is 3.26. The summed E-state index contributed by atoms with van der Waals surface area (Å²) in [6.45, 7) is 0. The molecule has 2 aromatic heterocycles. The van der Waals surface area contributed by atoms with Crippen molar-refractivity contribution in [1.29, 1.82) is 0 Å². The van der Waals surface area contributed by atoms with E-state index in [2.05, 4.69) is 31.2 Å². The summed E-state index contributed by atoms with van der Waals surface area (Å²) in [4.78, 5) is 4.20. The summed E-state index contributed by atoms with van der Waals surface area (Å²) in [5.74, 6) is 0.779. The van der Waals surface area contributed by atoms with Gasteiger partial charge in [0.2, 0.25) is 0 Å². The Kier molecular flexibility index (Phi) is 2.57. The van der Waals surface area contributed by atoms with Gasteiger partial charge in [-0.15, -0.1) is 5.10 Å². The van der Waals surface area contributed by atoms with Crippen molar-refractivity contribution in [3.8, 4) is 0 Å². The smallest absolute Gasteiger partial charge is 0.153 e. The zero-order valence-corrected chi connectivity index (χ0v) is 10.0. The Hall–Kier alpha value is -1.21. The molecule has 6 nitrogen and oxygen atoms in total. The monoisotopic (exact) mass is 270 g/mol. The van der Waals surface area contributed by atoms with Gasteiger partial charge >= 0.3 is 0 Å². The summed E-state index contributed by atoms with van der Waals surface area (Å²) < 4.78 is 4.17. The van der Waals surface area contributed by atoms with Gasteiger partial charge in [0.15, 0.2) is 4.60 Å². The lowest BCUT2D eigenvalue weighted by Gasteiger charge is -2.11. The highest BCUT2D eigenvalue weighted by Gasteiger charge is 2.20. The minimum atomic E-state index is -0.334. The normalized spacial score (nSPS) is 13.1. The van der Waals surface area contributed by atoms with Crippen molar-refractivity contribution in [1.82, 2.24) is 24.5 Å². The van der Waals surface area contributed by atoms with E-state index in [1.165, 1.54) is 0 Å². The Morgan fingerprint density at radius 3 is 2.67 bits per heavy atom. The third-order valence-electron chi connectivity index (χ3n) is 2.26. The highest BCUT2D eigenvalue weighted by Crippen LogP contribution is 2.22. The van der Waals surface area contributed by atoms with Crippen LogP contribution in [0.2, 0.25) is 0 Å². The van der Waals surface area contributed by atoms with Gasteiger partial charge in [0.1, 0.15) is 11.9 Å². The third-order valence-corrected chi connectivity index (χ3v) is 2.82. The molecule has 0 radical (unpaired) electrons. The molecule has 15 heavy (non-hydrogen) atoms. The summed E-state index contributed by atoms with van der Waals surface area (Å²) in [5.41, 5.74) is 6.90. The number of halogens is 1. The Morgan fingerprint density at radius 1 is 1.47 bits per heavy atom. The van der Waals surface area contributed by atoms with E-state index in [1.54, 1.807) is 17.9 Å². The average molecular weight is 271 g/mol. The molecule has 2 aromatic rings. The van der Waals surface area contributed by atoms with Crippen molar-refractivity contribution in [3.63, 3.8) is 0 Å². The molecule has 80 valence electrons. The first-order chi connectivity index (χ1) is 7.11. The topological polar surface area (TPSA) is 74.6 Å². The van der Waals surface area contributed by atoms with Crippen molar-refractivity contribution in [2.75, 3.05) is 0 Å². The molecule has 0 aliphatic rings. The van der Waals surface area contributed by atoms with Gasteiger partial charge in [-0.2, -0.15) is 0 Å². The predicted octanol–water partition coefficient (Wildman–Crippen LogP) is 0.359. The molecule has 2 heterocycles. The van der Waals surface area contributed by atoms with E-state index in [0.717, 1.165) is 11.5 Å². The molecule has 0 bridgehead atoms. The van der Waals surface area contributed by atoms with E-state index in [0.29, 0.717) is 4.60 Å².